The van der Waals surface area contributed by atoms with Crippen molar-refractivity contribution in [2.24, 2.45) is 22.7 Å². The summed E-state index contributed by atoms with van der Waals surface area (Å²) in [5.74, 6) is 1.85. The first-order valence-electron chi connectivity index (χ1n) is 12.1. The van der Waals surface area contributed by atoms with Gasteiger partial charge in [0.15, 0.2) is 0 Å². The normalized spacial score (nSPS) is 47.3. The minimum Gasteiger partial charge on any atom is -0.351 e. The third-order valence-electron chi connectivity index (χ3n) is 9.77. The van der Waals surface area contributed by atoms with E-state index in [2.05, 4.69) is 47.5 Å². The van der Waals surface area contributed by atoms with Crippen LogP contribution in [0.3, 0.4) is 0 Å². The maximum Gasteiger partial charge on any atom is 0.226 e. The van der Waals surface area contributed by atoms with Crippen LogP contribution in [0.5, 0.6) is 0 Å². The quantitative estimate of drug-likeness (QED) is 0.817. The molecule has 3 nitrogen and oxygen atoms in total. The van der Waals surface area contributed by atoms with Crippen molar-refractivity contribution in [1.29, 1.82) is 0 Å². The van der Waals surface area contributed by atoms with Gasteiger partial charge in [0.1, 0.15) is 0 Å². The zero-order valence-electron chi connectivity index (χ0n) is 18.0. The molecule has 0 aromatic heterocycles. The Morgan fingerprint density at radius 1 is 1.07 bits per heavy atom. The highest BCUT2D eigenvalue weighted by Crippen LogP contribution is 2.71. The molecule has 1 N–H and O–H groups in total. The minimum absolute atomic E-state index is 0.128. The number of nitrogens with zero attached hydrogens (tertiary/aromatic N) is 1. The van der Waals surface area contributed by atoms with Gasteiger partial charge in [0.25, 0.3) is 0 Å². The third-order valence-corrected chi connectivity index (χ3v) is 9.77. The molecule has 4 saturated carbocycles. The van der Waals surface area contributed by atoms with Gasteiger partial charge in [-0.3, -0.25) is 4.79 Å². The molecule has 1 aromatic carbocycles. The molecule has 156 valence electrons. The van der Waals surface area contributed by atoms with Crippen molar-refractivity contribution in [1.82, 2.24) is 10.2 Å². The van der Waals surface area contributed by atoms with E-state index in [0.29, 0.717) is 23.3 Å². The van der Waals surface area contributed by atoms with E-state index in [1.54, 1.807) is 0 Å². The topological polar surface area (TPSA) is 32.3 Å². The van der Waals surface area contributed by atoms with Crippen molar-refractivity contribution in [3.05, 3.63) is 35.9 Å². The molecule has 1 aromatic rings. The van der Waals surface area contributed by atoms with Crippen LogP contribution in [0.25, 0.3) is 0 Å². The molecule has 8 rings (SSSR count). The van der Waals surface area contributed by atoms with Crippen LogP contribution in [0.2, 0.25) is 0 Å². The van der Waals surface area contributed by atoms with Gasteiger partial charge in [0, 0.05) is 12.6 Å². The number of fused-ring (bicyclic) bond motifs is 3. The standard InChI is InChI=1S/C26H36N2O/c1-2-24-12-19-13-25(16-24,21-6-4-3-5-7-21)18-26(14-19,17-24)23(29)27-22-15-28-10-8-20(22)9-11-28/h3-7,19-20,22H,2,8-18H2,1H3,(H,27,29)/t19?,22-,24+,25+,26?/m1/s1. The Morgan fingerprint density at radius 3 is 2.55 bits per heavy atom. The second kappa shape index (κ2) is 6.33. The van der Waals surface area contributed by atoms with Gasteiger partial charge in [-0.15, -0.1) is 0 Å². The fourth-order valence-corrected chi connectivity index (χ4v) is 8.85. The van der Waals surface area contributed by atoms with Crippen LogP contribution in [0, 0.1) is 22.7 Å². The number of nitrogens with one attached hydrogen (secondary N) is 1. The highest BCUT2D eigenvalue weighted by atomic mass is 16.2. The molecule has 3 saturated heterocycles. The van der Waals surface area contributed by atoms with E-state index in [1.165, 1.54) is 57.2 Å². The molecule has 6 bridgehead atoms. The molecule has 29 heavy (non-hydrogen) atoms. The minimum atomic E-state index is -0.128. The molecule has 0 radical (unpaired) electrons. The number of carbonyl (C=O) groups is 1. The van der Waals surface area contributed by atoms with Crippen molar-refractivity contribution in [3.63, 3.8) is 0 Å². The monoisotopic (exact) mass is 392 g/mol. The lowest BCUT2D eigenvalue weighted by atomic mass is 9.38. The summed E-state index contributed by atoms with van der Waals surface area (Å²) in [6.07, 6.45) is 11.1. The number of hydrogen-bond donors (Lipinski definition) is 1. The lowest BCUT2D eigenvalue weighted by Gasteiger charge is -2.66. The SMILES string of the molecule is CC[C@@]12CC3CC(C(=O)N[C@@H]4CN5CCC4CC5)(C1)C[C@](c1ccccc1)(C3)C2. The van der Waals surface area contributed by atoms with E-state index in [9.17, 15) is 4.79 Å². The van der Waals surface area contributed by atoms with Crippen LogP contribution in [-0.4, -0.2) is 36.5 Å². The summed E-state index contributed by atoms with van der Waals surface area (Å²) in [6, 6.07) is 11.6. The number of rotatable bonds is 4. The molecule has 3 heteroatoms. The fourth-order valence-electron chi connectivity index (χ4n) is 8.85. The molecular weight excluding hydrogens is 356 g/mol. The zero-order chi connectivity index (χ0) is 19.7. The zero-order valence-corrected chi connectivity index (χ0v) is 18.0. The van der Waals surface area contributed by atoms with Crippen molar-refractivity contribution < 1.29 is 4.79 Å². The molecule has 3 heterocycles. The van der Waals surface area contributed by atoms with Crippen molar-refractivity contribution >= 4 is 5.91 Å². The lowest BCUT2D eigenvalue weighted by molar-refractivity contribution is -0.165. The smallest absolute Gasteiger partial charge is 0.226 e. The second-order valence-electron chi connectivity index (χ2n) is 11.5. The first kappa shape index (κ1) is 18.4. The maximum atomic E-state index is 13.9. The van der Waals surface area contributed by atoms with Gasteiger partial charge in [-0.2, -0.15) is 0 Å². The van der Waals surface area contributed by atoms with Gasteiger partial charge in [-0.25, -0.2) is 0 Å². The van der Waals surface area contributed by atoms with Gasteiger partial charge in [-0.05, 0) is 92.7 Å². The van der Waals surface area contributed by atoms with E-state index in [1.807, 2.05) is 0 Å². The first-order chi connectivity index (χ1) is 14.0. The van der Waals surface area contributed by atoms with Crippen LogP contribution in [-0.2, 0) is 10.2 Å². The molecule has 2 unspecified atom stereocenters. The maximum absolute atomic E-state index is 13.9. The average Bonchev–Trinajstić information content (AvgIpc) is 2.74. The Labute approximate surface area is 175 Å². The third kappa shape index (κ3) is 2.76. The van der Waals surface area contributed by atoms with Crippen LogP contribution < -0.4 is 5.32 Å². The van der Waals surface area contributed by atoms with Crippen LogP contribution in [0.15, 0.2) is 30.3 Å². The lowest BCUT2D eigenvalue weighted by Crippen LogP contribution is -2.65. The predicted molar refractivity (Wildman–Crippen MR) is 116 cm³/mol. The summed E-state index contributed by atoms with van der Waals surface area (Å²) in [5, 5.41) is 3.64. The number of piperidine rings is 3. The Morgan fingerprint density at radius 2 is 1.86 bits per heavy atom. The van der Waals surface area contributed by atoms with E-state index < -0.39 is 0 Å². The molecule has 7 aliphatic rings. The summed E-state index contributed by atoms with van der Waals surface area (Å²) in [4.78, 5) is 16.5. The first-order valence-corrected chi connectivity index (χ1v) is 12.1. The van der Waals surface area contributed by atoms with Gasteiger partial charge >= 0.3 is 0 Å². The largest absolute Gasteiger partial charge is 0.351 e. The molecular formula is C26H36N2O. The number of benzene rings is 1. The van der Waals surface area contributed by atoms with Crippen LogP contribution in [0.1, 0.15) is 70.3 Å². The summed E-state index contributed by atoms with van der Waals surface area (Å²) in [7, 11) is 0. The molecule has 4 aliphatic carbocycles. The number of hydrogen-bond acceptors (Lipinski definition) is 2. The van der Waals surface area contributed by atoms with Crippen molar-refractivity contribution in [2.45, 2.75) is 76.2 Å². The predicted octanol–water partition coefficient (Wildman–Crippen LogP) is 4.52. The Hall–Kier alpha value is -1.35. The van der Waals surface area contributed by atoms with Gasteiger partial charge in [-0.1, -0.05) is 43.7 Å². The van der Waals surface area contributed by atoms with Crippen LogP contribution in [0.4, 0.5) is 0 Å². The van der Waals surface area contributed by atoms with E-state index in [0.717, 1.165) is 31.7 Å². The average molecular weight is 393 g/mol. The Balaban J connectivity index is 1.33. The van der Waals surface area contributed by atoms with Crippen LogP contribution >= 0.6 is 0 Å². The number of amides is 1. The fraction of sp³-hybridized carbons (Fsp3) is 0.731. The van der Waals surface area contributed by atoms with Crippen molar-refractivity contribution in [2.75, 3.05) is 19.6 Å². The van der Waals surface area contributed by atoms with Gasteiger partial charge < -0.3 is 10.2 Å². The highest BCUT2D eigenvalue weighted by Gasteiger charge is 2.65. The summed E-state index contributed by atoms with van der Waals surface area (Å²) in [5.41, 5.74) is 1.98. The van der Waals surface area contributed by atoms with Gasteiger partial charge in [0.05, 0.1) is 5.41 Å². The summed E-state index contributed by atoms with van der Waals surface area (Å²) >= 11 is 0. The van der Waals surface area contributed by atoms with Crippen molar-refractivity contribution in [3.8, 4) is 0 Å². The Kier molecular flexibility index (Phi) is 4.02. The summed E-state index contributed by atoms with van der Waals surface area (Å²) < 4.78 is 0. The molecule has 0 spiro atoms. The molecule has 5 atom stereocenters. The number of carbonyl (C=O) groups excluding carboxylic acids is 1. The Bertz CT molecular complexity index is 800. The van der Waals surface area contributed by atoms with Gasteiger partial charge in [0.2, 0.25) is 5.91 Å². The second-order valence-corrected chi connectivity index (χ2v) is 11.5. The molecule has 3 aliphatic heterocycles. The van der Waals surface area contributed by atoms with E-state index in [4.69, 9.17) is 0 Å². The molecule has 7 fully saturated rings. The summed E-state index contributed by atoms with van der Waals surface area (Å²) in [6.45, 7) is 5.93. The highest BCUT2D eigenvalue weighted by molar-refractivity contribution is 5.84. The van der Waals surface area contributed by atoms with E-state index >= 15 is 0 Å². The van der Waals surface area contributed by atoms with E-state index in [-0.39, 0.29) is 10.8 Å². The molecule has 1 amide bonds.